The Morgan fingerprint density at radius 1 is 0.958 bits per heavy atom. The van der Waals surface area contributed by atoms with Crippen LogP contribution in [0.1, 0.15) is 6.92 Å². The standard InChI is InChI=1S/C18H25N3O3/c1-18(20-9-14-24-15-10-20)6-11-21(18,22)17-4-2-16(3-5-17)19-7-12-23-13-8-19/h2-6,11H,7-10,12-15H2,1H3. The van der Waals surface area contributed by atoms with E-state index in [9.17, 15) is 5.21 Å². The molecule has 0 saturated carbocycles. The Morgan fingerprint density at radius 2 is 1.54 bits per heavy atom. The zero-order chi connectivity index (χ0) is 16.6. The van der Waals surface area contributed by atoms with Gasteiger partial charge in [-0.05, 0) is 12.1 Å². The first kappa shape index (κ1) is 16.1. The van der Waals surface area contributed by atoms with E-state index in [1.807, 2.05) is 25.1 Å². The molecule has 2 fully saturated rings. The van der Waals surface area contributed by atoms with Crippen molar-refractivity contribution in [3.05, 3.63) is 41.7 Å². The molecule has 2 atom stereocenters. The average Bonchev–Trinajstić information content (AvgIpc) is 2.67. The molecule has 0 N–H and O–H groups in total. The topological polar surface area (TPSA) is 48.0 Å². The van der Waals surface area contributed by atoms with Gasteiger partial charge in [-0.25, -0.2) is 4.90 Å². The van der Waals surface area contributed by atoms with Gasteiger partial charge in [-0.15, -0.1) is 0 Å². The van der Waals surface area contributed by atoms with Crippen molar-refractivity contribution in [2.45, 2.75) is 12.6 Å². The van der Waals surface area contributed by atoms with Gasteiger partial charge in [0.15, 0.2) is 5.66 Å². The summed E-state index contributed by atoms with van der Waals surface area (Å²) in [6.07, 6.45) is 3.78. The molecular formula is C18H25N3O3. The Morgan fingerprint density at radius 3 is 2.08 bits per heavy atom. The number of rotatable bonds is 3. The summed E-state index contributed by atoms with van der Waals surface area (Å²) in [4.78, 5) is 4.54. The van der Waals surface area contributed by atoms with E-state index in [4.69, 9.17) is 9.47 Å². The van der Waals surface area contributed by atoms with E-state index in [1.54, 1.807) is 6.20 Å². The lowest BCUT2D eigenvalue weighted by atomic mass is 9.98. The van der Waals surface area contributed by atoms with Crippen LogP contribution in [0.25, 0.3) is 0 Å². The minimum atomic E-state index is -0.537. The molecule has 0 amide bonds. The normalized spacial score (nSPS) is 34.2. The summed E-state index contributed by atoms with van der Waals surface area (Å²) < 4.78 is 10.4. The van der Waals surface area contributed by atoms with Gasteiger partial charge in [0.25, 0.3) is 0 Å². The molecule has 6 heteroatoms. The molecule has 3 aliphatic heterocycles. The van der Waals surface area contributed by atoms with Crippen LogP contribution in [0.3, 0.4) is 0 Å². The summed E-state index contributed by atoms with van der Waals surface area (Å²) in [7, 11) is 0. The highest BCUT2D eigenvalue weighted by molar-refractivity contribution is 5.60. The second kappa shape index (κ2) is 6.13. The summed E-state index contributed by atoms with van der Waals surface area (Å²) in [5.41, 5.74) is 1.40. The van der Waals surface area contributed by atoms with Crippen molar-refractivity contribution in [1.82, 2.24) is 9.55 Å². The number of benzene rings is 1. The van der Waals surface area contributed by atoms with E-state index in [0.29, 0.717) is 13.2 Å². The maximum atomic E-state index is 13.5. The van der Waals surface area contributed by atoms with Gasteiger partial charge in [0.2, 0.25) is 0 Å². The molecule has 2 unspecified atom stereocenters. The minimum absolute atomic E-state index is 0.420. The van der Waals surface area contributed by atoms with Gasteiger partial charge in [0.1, 0.15) is 11.9 Å². The fourth-order valence-electron chi connectivity index (χ4n) is 3.81. The summed E-state index contributed by atoms with van der Waals surface area (Å²) in [6, 6.07) is 8.06. The molecule has 0 bridgehead atoms. The molecule has 0 radical (unpaired) electrons. The highest BCUT2D eigenvalue weighted by Gasteiger charge is 2.52. The second-order valence-electron chi connectivity index (χ2n) is 6.78. The Kier molecular flexibility index (Phi) is 4.10. The van der Waals surface area contributed by atoms with Crippen molar-refractivity contribution in [2.75, 3.05) is 57.5 Å². The lowest BCUT2D eigenvalue weighted by Gasteiger charge is -2.60. The van der Waals surface area contributed by atoms with Crippen LogP contribution in [0.4, 0.5) is 11.4 Å². The van der Waals surface area contributed by atoms with Gasteiger partial charge in [0, 0.05) is 57.0 Å². The quantitative estimate of drug-likeness (QED) is 0.625. The molecule has 0 spiro atoms. The molecule has 4 rings (SSSR count). The SMILES string of the molecule is CC1(N2CCOCC2)C=C[N+]1([O-])c1ccc(N2CCOCC2)cc1. The largest absolute Gasteiger partial charge is 0.621 e. The molecule has 1 aromatic carbocycles. The first-order valence-corrected chi connectivity index (χ1v) is 8.70. The number of hydrogen-bond donors (Lipinski definition) is 0. The van der Waals surface area contributed by atoms with Crippen LogP contribution in [-0.4, -0.2) is 63.2 Å². The number of ether oxygens (including phenoxy) is 2. The lowest BCUT2D eigenvalue weighted by Crippen LogP contribution is -2.71. The summed E-state index contributed by atoms with van der Waals surface area (Å²) >= 11 is 0. The predicted molar refractivity (Wildman–Crippen MR) is 94.6 cm³/mol. The van der Waals surface area contributed by atoms with Crippen molar-refractivity contribution >= 4 is 11.4 Å². The van der Waals surface area contributed by atoms with Crippen LogP contribution in [0.15, 0.2) is 36.5 Å². The molecule has 3 heterocycles. The van der Waals surface area contributed by atoms with Gasteiger partial charge < -0.3 is 19.6 Å². The highest BCUT2D eigenvalue weighted by Crippen LogP contribution is 2.43. The number of hydroxylamine groups is 2. The van der Waals surface area contributed by atoms with E-state index in [2.05, 4.69) is 21.9 Å². The lowest BCUT2D eigenvalue weighted by molar-refractivity contribution is -0.0473. The number of anilines is 1. The fraction of sp³-hybridized carbons (Fsp3) is 0.556. The van der Waals surface area contributed by atoms with E-state index in [0.717, 1.165) is 50.8 Å². The molecule has 3 aliphatic rings. The third kappa shape index (κ3) is 2.46. The van der Waals surface area contributed by atoms with Gasteiger partial charge in [-0.3, -0.25) is 4.65 Å². The maximum Gasteiger partial charge on any atom is 0.186 e. The number of hydrogen-bond acceptors (Lipinski definition) is 5. The Labute approximate surface area is 143 Å². The molecule has 0 aromatic heterocycles. The van der Waals surface area contributed by atoms with E-state index >= 15 is 0 Å². The van der Waals surface area contributed by atoms with Crippen LogP contribution in [0.5, 0.6) is 0 Å². The molecule has 24 heavy (non-hydrogen) atoms. The third-order valence-electron chi connectivity index (χ3n) is 5.53. The Bertz CT molecular complexity index is 608. The average molecular weight is 331 g/mol. The first-order chi connectivity index (χ1) is 11.6. The van der Waals surface area contributed by atoms with Crippen molar-refractivity contribution < 1.29 is 9.47 Å². The van der Waals surface area contributed by atoms with Gasteiger partial charge in [-0.1, -0.05) is 0 Å². The van der Waals surface area contributed by atoms with Crippen molar-refractivity contribution in [1.29, 1.82) is 0 Å². The molecule has 0 aliphatic carbocycles. The van der Waals surface area contributed by atoms with Crippen LogP contribution < -0.4 is 9.55 Å². The number of quaternary nitrogens is 1. The van der Waals surface area contributed by atoms with Crippen molar-refractivity contribution in [3.63, 3.8) is 0 Å². The molecule has 130 valence electrons. The number of nitrogens with zero attached hydrogens (tertiary/aromatic N) is 3. The van der Waals surface area contributed by atoms with E-state index in [1.165, 1.54) is 0 Å². The third-order valence-corrected chi connectivity index (χ3v) is 5.53. The van der Waals surface area contributed by atoms with Crippen molar-refractivity contribution in [2.24, 2.45) is 0 Å². The minimum Gasteiger partial charge on any atom is -0.621 e. The van der Waals surface area contributed by atoms with Gasteiger partial charge >= 0.3 is 0 Å². The zero-order valence-electron chi connectivity index (χ0n) is 14.2. The van der Waals surface area contributed by atoms with Gasteiger partial charge in [-0.2, -0.15) is 0 Å². The van der Waals surface area contributed by atoms with Crippen LogP contribution in [0.2, 0.25) is 0 Å². The summed E-state index contributed by atoms with van der Waals surface area (Å²) in [6.45, 7) is 8.36. The molecule has 6 nitrogen and oxygen atoms in total. The monoisotopic (exact) mass is 331 g/mol. The predicted octanol–water partition coefficient (Wildman–Crippen LogP) is 1.90. The van der Waals surface area contributed by atoms with Crippen LogP contribution in [-0.2, 0) is 9.47 Å². The maximum absolute atomic E-state index is 13.5. The first-order valence-electron chi connectivity index (χ1n) is 8.70. The fourth-order valence-corrected chi connectivity index (χ4v) is 3.81. The van der Waals surface area contributed by atoms with E-state index < -0.39 is 10.3 Å². The Balaban J connectivity index is 1.55. The molecule has 2 saturated heterocycles. The van der Waals surface area contributed by atoms with Crippen molar-refractivity contribution in [3.8, 4) is 0 Å². The smallest absolute Gasteiger partial charge is 0.186 e. The second-order valence-corrected chi connectivity index (χ2v) is 6.78. The zero-order valence-corrected chi connectivity index (χ0v) is 14.2. The molecular weight excluding hydrogens is 306 g/mol. The highest BCUT2D eigenvalue weighted by atomic mass is 16.6. The van der Waals surface area contributed by atoms with Gasteiger partial charge in [0.05, 0.1) is 26.4 Å². The van der Waals surface area contributed by atoms with Crippen LogP contribution in [0, 0.1) is 5.21 Å². The summed E-state index contributed by atoms with van der Waals surface area (Å²) in [5, 5.41) is 13.5. The van der Waals surface area contributed by atoms with Crippen LogP contribution >= 0.6 is 0 Å². The summed E-state index contributed by atoms with van der Waals surface area (Å²) in [5.74, 6) is 0. The molecule has 1 aromatic rings. The number of morpholine rings is 2. The van der Waals surface area contributed by atoms with E-state index in [-0.39, 0.29) is 0 Å². The Hall–Kier alpha value is -1.44.